The summed E-state index contributed by atoms with van der Waals surface area (Å²) in [6.07, 6.45) is -3.77. The number of aromatic amines is 1. The third-order valence-electron chi connectivity index (χ3n) is 0.727. The summed E-state index contributed by atoms with van der Waals surface area (Å²) in [5, 5.41) is 0. The van der Waals surface area contributed by atoms with Crippen molar-refractivity contribution >= 4 is 0 Å². The van der Waals surface area contributed by atoms with Crippen LogP contribution in [0.25, 0.3) is 0 Å². The predicted octanol–water partition coefficient (Wildman–Crippen LogP) is 0.937. The van der Waals surface area contributed by atoms with Crippen LogP contribution in [0.1, 0.15) is 23.4 Å². The van der Waals surface area contributed by atoms with Gasteiger partial charge in [-0.05, 0) is 11.9 Å². The van der Waals surface area contributed by atoms with Crippen molar-refractivity contribution in [3.63, 3.8) is 0 Å². The van der Waals surface area contributed by atoms with Gasteiger partial charge in [0.2, 0.25) is 5.56 Å². The molecular formula is C7H9NO. The number of pyridine rings is 1. The molecule has 0 unspecified atom stereocenters. The molecule has 1 aromatic heterocycles. The summed E-state index contributed by atoms with van der Waals surface area (Å²) in [6, 6.07) is -1.73. The van der Waals surface area contributed by atoms with Crippen LogP contribution in [-0.2, 0) is 6.37 Å². The second-order valence-electron chi connectivity index (χ2n) is 1.33. The van der Waals surface area contributed by atoms with E-state index in [2.05, 4.69) is 0 Å². The van der Waals surface area contributed by atoms with E-state index in [4.69, 9.17) is 11.0 Å². The number of hydrogen-bond donors (Lipinski definition) is 1. The van der Waals surface area contributed by atoms with Gasteiger partial charge in [-0.2, -0.15) is 0 Å². The van der Waals surface area contributed by atoms with Crippen molar-refractivity contribution in [2.24, 2.45) is 0 Å². The van der Waals surface area contributed by atoms with E-state index in [1.54, 1.807) is 0 Å². The van der Waals surface area contributed by atoms with Gasteiger partial charge < -0.3 is 4.98 Å². The normalized spacial score (nSPS) is 25.3. The van der Waals surface area contributed by atoms with Gasteiger partial charge in [-0.25, -0.2) is 0 Å². The van der Waals surface area contributed by atoms with Crippen molar-refractivity contribution in [1.29, 1.82) is 0 Å². The smallest absolute Gasteiger partial charge is 0.247 e. The topological polar surface area (TPSA) is 32.9 Å². The van der Waals surface area contributed by atoms with Gasteiger partial charge >= 0.3 is 0 Å². The lowest BCUT2D eigenvalue weighted by molar-refractivity contribution is 1.08. The fourth-order valence-electron chi connectivity index (χ4n) is 0.364. The van der Waals surface area contributed by atoms with E-state index in [0.29, 0.717) is 0 Å². The molecule has 0 radical (unpaired) electrons. The summed E-state index contributed by atoms with van der Waals surface area (Å²) in [5.41, 5.74) is -1.83. The van der Waals surface area contributed by atoms with E-state index in [-0.39, 0.29) is 0 Å². The maximum absolute atomic E-state index is 11.0. The molecule has 0 aliphatic heterocycles. The zero-order valence-electron chi connectivity index (χ0n) is 12.4. The molecule has 2 heteroatoms. The third kappa shape index (κ3) is 1.42. The molecule has 0 amide bonds. The average molecular weight is 131 g/mol. The van der Waals surface area contributed by atoms with Gasteiger partial charge in [0, 0.05) is 19.1 Å². The highest BCUT2D eigenvalue weighted by Crippen LogP contribution is 1.91. The van der Waals surface area contributed by atoms with Crippen molar-refractivity contribution in [2.75, 3.05) is 0 Å². The van der Waals surface area contributed by atoms with Gasteiger partial charge in [0.15, 0.2) is 0 Å². The van der Waals surface area contributed by atoms with E-state index in [1.165, 1.54) is 0 Å². The second kappa shape index (κ2) is 2.49. The van der Waals surface area contributed by atoms with Crippen LogP contribution in [0.15, 0.2) is 23.1 Å². The van der Waals surface area contributed by atoms with Crippen LogP contribution >= 0.6 is 0 Å². The minimum atomic E-state index is -3.09. The van der Waals surface area contributed by atoms with Gasteiger partial charge in [-0.3, -0.25) is 4.79 Å². The van der Waals surface area contributed by atoms with Crippen molar-refractivity contribution in [1.82, 2.24) is 4.98 Å². The van der Waals surface area contributed by atoms with Crippen LogP contribution in [0, 0.1) is 0 Å². The summed E-state index contributed by atoms with van der Waals surface area (Å²) >= 11 is 0. The van der Waals surface area contributed by atoms with E-state index in [9.17, 15) is 4.79 Å². The zero-order valence-corrected chi connectivity index (χ0v) is 4.41. The summed E-state index contributed by atoms with van der Waals surface area (Å²) < 4.78 is 57.9. The van der Waals surface area contributed by atoms with Crippen LogP contribution < -0.4 is 5.56 Å². The minimum Gasteiger partial charge on any atom is -0.329 e. The molecule has 1 N–H and O–H groups in total. The van der Waals surface area contributed by atoms with Crippen molar-refractivity contribution in [2.45, 2.75) is 13.2 Å². The number of H-pyrrole nitrogens is 1. The zero-order chi connectivity index (χ0) is 13.6. The molecule has 0 aromatic carbocycles. The predicted molar refractivity (Wildman–Crippen MR) is 36.4 cm³/mol. The SMILES string of the molecule is [2H]c1[nH]c(=O)c([2H])c([2H])c1C([2H])([2H])C([2H])([2H])[2H]. The fourth-order valence-corrected chi connectivity index (χ4v) is 0.364. The molecule has 1 heterocycles. The molecular weight excluding hydrogens is 114 g/mol. The lowest BCUT2D eigenvalue weighted by atomic mass is 10.2. The first kappa shape index (κ1) is 1.51. The highest BCUT2D eigenvalue weighted by atomic mass is 16.1. The van der Waals surface area contributed by atoms with Gasteiger partial charge in [-0.1, -0.05) is 12.9 Å². The Hall–Kier alpha value is -1.05. The first-order valence-corrected chi connectivity index (χ1v) is 2.20. The van der Waals surface area contributed by atoms with E-state index >= 15 is 0 Å². The summed E-state index contributed by atoms with van der Waals surface area (Å²) in [5.74, 6) is 0. The molecule has 1 aromatic rings. The van der Waals surface area contributed by atoms with Crippen LogP contribution in [0.4, 0.5) is 0 Å². The molecule has 0 aliphatic carbocycles. The standard InChI is InChI=1S/C7H9NO/c1-2-6-3-4-7(9)8-5-6/h3-5H,2H2,1H3,(H,8,9)/i1D3,2D2,3D,4D,5D. The quantitative estimate of drug-likeness (QED) is 0.604. The Kier molecular flexibility index (Phi) is 0.417. The first-order chi connectivity index (χ1) is 7.50. The average Bonchev–Trinajstić information content (AvgIpc) is 2.12. The van der Waals surface area contributed by atoms with Crippen LogP contribution in [-0.4, -0.2) is 4.98 Å². The Morgan fingerprint density at radius 2 is 2.89 bits per heavy atom. The number of aromatic nitrogens is 1. The lowest BCUT2D eigenvalue weighted by Gasteiger charge is -1.90. The Morgan fingerprint density at radius 3 is 3.67 bits per heavy atom. The number of hydrogen-bond acceptors (Lipinski definition) is 1. The third-order valence-corrected chi connectivity index (χ3v) is 0.727. The number of rotatable bonds is 1. The maximum Gasteiger partial charge on any atom is 0.247 e. The van der Waals surface area contributed by atoms with E-state index < -0.39 is 42.6 Å². The van der Waals surface area contributed by atoms with Crippen molar-refractivity contribution < 1.29 is 11.0 Å². The Morgan fingerprint density at radius 1 is 2.00 bits per heavy atom. The molecule has 0 aliphatic rings. The van der Waals surface area contributed by atoms with Crippen molar-refractivity contribution in [3.8, 4) is 0 Å². The Balaban J connectivity index is 3.64. The Bertz CT molecular complexity index is 502. The molecule has 9 heavy (non-hydrogen) atoms. The van der Waals surface area contributed by atoms with Crippen molar-refractivity contribution in [3.05, 3.63) is 34.2 Å². The summed E-state index contributed by atoms with van der Waals surface area (Å²) in [6.45, 7) is -3.09. The summed E-state index contributed by atoms with van der Waals surface area (Å²) in [7, 11) is 0. The van der Waals surface area contributed by atoms with E-state index in [0.717, 1.165) is 0 Å². The van der Waals surface area contributed by atoms with Gasteiger partial charge in [0.05, 0.1) is 4.11 Å². The molecule has 48 valence electrons. The second-order valence-corrected chi connectivity index (χ2v) is 1.33. The molecule has 0 fully saturated rings. The first-order valence-electron chi connectivity index (χ1n) is 6.20. The number of nitrogens with one attached hydrogen (secondary N) is 1. The van der Waals surface area contributed by atoms with Crippen LogP contribution in [0.2, 0.25) is 0 Å². The lowest BCUT2D eigenvalue weighted by Crippen LogP contribution is -2.01. The fraction of sp³-hybridized carbons (Fsp3) is 0.286. The highest BCUT2D eigenvalue weighted by Gasteiger charge is 1.84. The molecule has 0 bridgehead atoms. The van der Waals surface area contributed by atoms with Crippen LogP contribution in [0.3, 0.4) is 0 Å². The molecule has 0 atom stereocenters. The summed E-state index contributed by atoms with van der Waals surface area (Å²) in [4.78, 5) is 12.9. The van der Waals surface area contributed by atoms with Gasteiger partial charge in [0.1, 0.15) is 0 Å². The molecule has 1 rings (SSSR count). The van der Waals surface area contributed by atoms with E-state index in [1.807, 2.05) is 4.98 Å². The molecule has 2 nitrogen and oxygen atoms in total. The van der Waals surface area contributed by atoms with Crippen LogP contribution in [0.5, 0.6) is 0 Å². The molecule has 0 saturated carbocycles. The molecule has 0 saturated heterocycles. The highest BCUT2D eigenvalue weighted by molar-refractivity contribution is 5.07. The van der Waals surface area contributed by atoms with Gasteiger partial charge in [0.25, 0.3) is 0 Å². The largest absolute Gasteiger partial charge is 0.329 e. The minimum absolute atomic E-state index is 0.794. The monoisotopic (exact) mass is 131 g/mol. The molecule has 0 spiro atoms. The Labute approximate surface area is 64.8 Å². The van der Waals surface area contributed by atoms with Gasteiger partial charge in [-0.15, -0.1) is 0 Å². The maximum atomic E-state index is 11.0.